The molecule has 0 saturated heterocycles. The Morgan fingerprint density at radius 3 is 2.52 bits per heavy atom. The number of hydrogen-bond donors (Lipinski definition) is 0. The minimum Gasteiger partial charge on any atom is -0.468 e. The molecule has 1 amide bonds. The molecule has 2 aliphatic carbocycles. The molecule has 0 radical (unpaired) electrons. The molecule has 21 heavy (non-hydrogen) atoms. The number of hydrogen-bond acceptors (Lipinski definition) is 3. The molecule has 4 nitrogen and oxygen atoms in total. The van der Waals surface area contributed by atoms with Gasteiger partial charge in [0.2, 0.25) is 0 Å². The molecular weight excluding hydrogens is 286 g/mol. The van der Waals surface area contributed by atoms with Crippen LogP contribution in [0.3, 0.4) is 0 Å². The number of rotatable bonds is 2. The highest BCUT2D eigenvalue weighted by molar-refractivity contribution is 7.93. The summed E-state index contributed by atoms with van der Waals surface area (Å²) in [6.07, 6.45) is 9.94. The Morgan fingerprint density at radius 1 is 1.29 bits per heavy atom. The van der Waals surface area contributed by atoms with Gasteiger partial charge in [0.25, 0.3) is 5.91 Å². The van der Waals surface area contributed by atoms with Gasteiger partial charge in [-0.2, -0.15) is 4.36 Å². The maximum absolute atomic E-state index is 12.7. The lowest BCUT2D eigenvalue weighted by Crippen LogP contribution is -2.30. The number of aryl methyl sites for hydroxylation is 1. The van der Waals surface area contributed by atoms with Crippen LogP contribution in [0.4, 0.5) is 0 Å². The van der Waals surface area contributed by atoms with Gasteiger partial charge in [-0.05, 0) is 44.1 Å². The van der Waals surface area contributed by atoms with Gasteiger partial charge in [-0.3, -0.25) is 4.79 Å². The SMILES string of the molecule is Cc1occc1S(C)(=O)=NC(=O)C1C[C@H]2CCC[C@@H](C1)C2. The van der Waals surface area contributed by atoms with Gasteiger partial charge in [-0.25, -0.2) is 4.21 Å². The fourth-order valence-corrected chi connectivity index (χ4v) is 5.48. The summed E-state index contributed by atoms with van der Waals surface area (Å²) in [6.45, 7) is 1.75. The first-order valence-corrected chi connectivity index (χ1v) is 9.68. The minimum absolute atomic E-state index is 0.0259. The first-order chi connectivity index (χ1) is 9.95. The lowest BCUT2D eigenvalue weighted by molar-refractivity contribution is -0.123. The molecule has 116 valence electrons. The molecule has 1 aromatic rings. The van der Waals surface area contributed by atoms with E-state index in [1.807, 2.05) is 0 Å². The number of carbonyl (C=O) groups excluding carboxylic acids is 1. The minimum atomic E-state index is -2.69. The predicted molar refractivity (Wildman–Crippen MR) is 81.4 cm³/mol. The molecular formula is C16H23NO3S. The lowest BCUT2D eigenvalue weighted by atomic mass is 9.68. The first-order valence-electron chi connectivity index (χ1n) is 7.76. The van der Waals surface area contributed by atoms with Gasteiger partial charge >= 0.3 is 0 Å². The molecule has 2 bridgehead atoms. The highest BCUT2D eigenvalue weighted by Gasteiger charge is 2.35. The number of amides is 1. The highest BCUT2D eigenvalue weighted by atomic mass is 32.2. The van der Waals surface area contributed by atoms with E-state index in [2.05, 4.69) is 4.36 Å². The van der Waals surface area contributed by atoms with Crippen molar-refractivity contribution in [1.82, 2.24) is 0 Å². The molecule has 0 aliphatic heterocycles. The number of fused-ring (bicyclic) bond motifs is 2. The fourth-order valence-electron chi connectivity index (χ4n) is 3.99. The van der Waals surface area contributed by atoms with Crippen LogP contribution in [0.5, 0.6) is 0 Å². The third kappa shape index (κ3) is 3.07. The van der Waals surface area contributed by atoms with E-state index in [1.165, 1.54) is 38.2 Å². The number of furan rings is 1. The second-order valence-corrected chi connectivity index (χ2v) is 8.87. The van der Waals surface area contributed by atoms with Gasteiger partial charge in [0.1, 0.15) is 5.76 Å². The zero-order valence-electron chi connectivity index (χ0n) is 12.7. The van der Waals surface area contributed by atoms with Crippen molar-refractivity contribution in [3.63, 3.8) is 0 Å². The maximum atomic E-state index is 12.7. The van der Waals surface area contributed by atoms with Crippen LogP contribution < -0.4 is 0 Å². The van der Waals surface area contributed by atoms with Crippen molar-refractivity contribution in [2.75, 3.05) is 6.26 Å². The summed E-state index contributed by atoms with van der Waals surface area (Å²) in [4.78, 5) is 13.0. The topological polar surface area (TPSA) is 59.6 Å². The lowest BCUT2D eigenvalue weighted by Gasteiger charge is -2.37. The van der Waals surface area contributed by atoms with Gasteiger partial charge < -0.3 is 4.42 Å². The van der Waals surface area contributed by atoms with Crippen molar-refractivity contribution in [3.8, 4) is 0 Å². The molecule has 2 fully saturated rings. The highest BCUT2D eigenvalue weighted by Crippen LogP contribution is 2.43. The Morgan fingerprint density at radius 2 is 1.95 bits per heavy atom. The average molecular weight is 309 g/mol. The van der Waals surface area contributed by atoms with Crippen LogP contribution in [0.25, 0.3) is 0 Å². The van der Waals surface area contributed by atoms with E-state index in [-0.39, 0.29) is 11.8 Å². The van der Waals surface area contributed by atoms with E-state index in [4.69, 9.17) is 4.42 Å². The molecule has 4 atom stereocenters. The van der Waals surface area contributed by atoms with Crippen LogP contribution in [-0.4, -0.2) is 16.4 Å². The van der Waals surface area contributed by atoms with Crippen molar-refractivity contribution < 1.29 is 13.4 Å². The van der Waals surface area contributed by atoms with E-state index in [0.717, 1.165) is 12.8 Å². The number of nitrogens with zero attached hydrogens (tertiary/aromatic N) is 1. The molecule has 3 rings (SSSR count). The van der Waals surface area contributed by atoms with Crippen LogP contribution in [-0.2, 0) is 14.5 Å². The average Bonchev–Trinajstić information content (AvgIpc) is 2.85. The van der Waals surface area contributed by atoms with Crippen molar-refractivity contribution in [2.24, 2.45) is 22.1 Å². The fraction of sp³-hybridized carbons (Fsp3) is 0.688. The predicted octanol–water partition coefficient (Wildman–Crippen LogP) is 3.79. The van der Waals surface area contributed by atoms with Crippen molar-refractivity contribution in [1.29, 1.82) is 0 Å². The smallest absolute Gasteiger partial charge is 0.257 e. The van der Waals surface area contributed by atoms with Crippen molar-refractivity contribution in [2.45, 2.75) is 50.3 Å². The third-order valence-corrected chi connectivity index (χ3v) is 6.73. The van der Waals surface area contributed by atoms with Gasteiger partial charge in [0, 0.05) is 12.2 Å². The van der Waals surface area contributed by atoms with E-state index < -0.39 is 9.73 Å². The molecule has 0 aromatic carbocycles. The van der Waals surface area contributed by atoms with Gasteiger partial charge in [0.15, 0.2) is 0 Å². The van der Waals surface area contributed by atoms with E-state index in [0.29, 0.717) is 22.5 Å². The summed E-state index contributed by atoms with van der Waals surface area (Å²) in [5.74, 6) is 1.73. The van der Waals surface area contributed by atoms with Gasteiger partial charge in [0.05, 0.1) is 20.9 Å². The Hall–Kier alpha value is -1.10. The molecule has 2 unspecified atom stereocenters. The largest absolute Gasteiger partial charge is 0.468 e. The second-order valence-electron chi connectivity index (χ2n) is 6.64. The molecule has 0 spiro atoms. The molecule has 5 heteroatoms. The van der Waals surface area contributed by atoms with Crippen LogP contribution in [0.1, 0.15) is 44.3 Å². The summed E-state index contributed by atoms with van der Waals surface area (Å²) in [5.41, 5.74) is 0. The first kappa shape index (κ1) is 14.8. The van der Waals surface area contributed by atoms with Gasteiger partial charge in [-0.15, -0.1) is 0 Å². The zero-order valence-corrected chi connectivity index (χ0v) is 13.5. The van der Waals surface area contributed by atoms with Crippen LogP contribution in [0, 0.1) is 24.7 Å². The van der Waals surface area contributed by atoms with Gasteiger partial charge in [-0.1, -0.05) is 19.3 Å². The molecule has 1 heterocycles. The Bertz CT molecular complexity index is 642. The normalized spacial score (nSPS) is 31.4. The summed E-state index contributed by atoms with van der Waals surface area (Å²) < 4.78 is 22.0. The van der Waals surface area contributed by atoms with E-state index >= 15 is 0 Å². The summed E-state index contributed by atoms with van der Waals surface area (Å²) in [7, 11) is -2.69. The second kappa shape index (κ2) is 5.59. The van der Waals surface area contributed by atoms with Crippen LogP contribution in [0.2, 0.25) is 0 Å². The standard InChI is InChI=1S/C16H23NO3S/c1-11-15(6-7-20-11)21(2,19)17-16(18)14-9-12-4-3-5-13(8-12)10-14/h6-7,12-14H,3-5,8-10H2,1-2H3/t12-,13+,14?,21?. The quantitative estimate of drug-likeness (QED) is 0.835. The molecule has 2 aliphatic rings. The van der Waals surface area contributed by atoms with Crippen molar-refractivity contribution >= 4 is 15.6 Å². The molecule has 2 saturated carbocycles. The van der Waals surface area contributed by atoms with Crippen molar-refractivity contribution in [3.05, 3.63) is 18.1 Å². The third-order valence-electron chi connectivity index (χ3n) is 4.96. The van der Waals surface area contributed by atoms with Crippen LogP contribution in [0.15, 0.2) is 26.0 Å². The Labute approximate surface area is 126 Å². The summed E-state index contributed by atoms with van der Waals surface area (Å²) in [6, 6.07) is 1.66. The molecule has 0 N–H and O–H groups in total. The molecule has 1 aromatic heterocycles. The Balaban J connectivity index is 1.81. The zero-order chi connectivity index (χ0) is 15.0. The number of carbonyl (C=O) groups is 1. The van der Waals surface area contributed by atoms with E-state index in [9.17, 15) is 9.00 Å². The van der Waals surface area contributed by atoms with E-state index in [1.54, 1.807) is 13.0 Å². The summed E-state index contributed by atoms with van der Waals surface area (Å²) in [5, 5.41) is 0. The summed E-state index contributed by atoms with van der Waals surface area (Å²) >= 11 is 0. The monoisotopic (exact) mass is 309 g/mol. The maximum Gasteiger partial charge on any atom is 0.257 e. The van der Waals surface area contributed by atoms with Crippen LogP contribution >= 0.6 is 0 Å². The Kier molecular flexibility index (Phi) is 3.95.